The summed E-state index contributed by atoms with van der Waals surface area (Å²) in [5.74, 6) is 0. The summed E-state index contributed by atoms with van der Waals surface area (Å²) >= 11 is 0. The van der Waals surface area contributed by atoms with Crippen LogP contribution in [0.5, 0.6) is 0 Å². The van der Waals surface area contributed by atoms with Gasteiger partial charge in [-0.1, -0.05) is 168 Å². The Hall–Kier alpha value is -8.08. The number of unbranched alkanes of at least 4 members (excludes halogenated alkanes) is 1. The predicted octanol–water partition coefficient (Wildman–Crippen LogP) is 17.3. The van der Waals surface area contributed by atoms with Crippen LogP contribution in [-0.2, 0) is 11.8 Å². The fraction of sp³-hybridized carbons (Fsp3) is 0.134. The summed E-state index contributed by atoms with van der Waals surface area (Å²) in [5, 5.41) is 2.46. The van der Waals surface area contributed by atoms with E-state index in [2.05, 4.69) is 274 Å². The van der Waals surface area contributed by atoms with Crippen molar-refractivity contribution in [3.63, 3.8) is 0 Å². The highest BCUT2D eigenvalue weighted by atomic mass is 15.2. The van der Waals surface area contributed by atoms with Gasteiger partial charge in [-0.05, 0) is 182 Å². The highest BCUT2D eigenvalue weighted by molar-refractivity contribution is 6.93. The summed E-state index contributed by atoms with van der Waals surface area (Å²) in [6.07, 6.45) is 3.45. The minimum absolute atomic E-state index is 0.0119. The molecule has 4 heteroatoms. The van der Waals surface area contributed by atoms with Crippen LogP contribution in [-0.4, -0.2) is 6.85 Å². The number of para-hydroxylation sites is 1. The first-order valence-corrected chi connectivity index (χ1v) is 25.4. The molecule has 0 saturated heterocycles. The first kappa shape index (κ1) is 44.2. The number of anilines is 8. The topological polar surface area (TPSA) is 9.72 Å². The minimum Gasteiger partial charge on any atom is -0.376 e. The van der Waals surface area contributed by atoms with Gasteiger partial charge in [-0.2, -0.15) is 0 Å². The lowest BCUT2D eigenvalue weighted by Crippen LogP contribution is -2.61. The Kier molecular flexibility index (Phi) is 11.2. The molecule has 2 heterocycles. The standard InChI is InChI=1S/C67H58BN3/c1-6-7-19-47-28-33-56(34-29-47)69(55-26-15-10-16-27-55)58-37-39-63-61(45-58)68-66-60(59-41-50-24-17-18-25-51(50)43-64(59)71(68)57-35-31-54(32-36-57)67(3,4)5)42-53(49-22-13-9-14-23-49)44-65(66)70(63)62-38-30-52(40-46(62)2)48-20-11-8-12-21-48/h8-18,20-45H,6-7,19H2,1-5H3. The maximum absolute atomic E-state index is 2.66. The van der Waals surface area contributed by atoms with Gasteiger partial charge in [0.25, 0.3) is 0 Å². The monoisotopic (exact) mass is 915 g/mol. The third-order valence-electron chi connectivity index (χ3n) is 14.8. The molecule has 0 amide bonds. The number of hydrogen-bond acceptors (Lipinski definition) is 3. The first-order chi connectivity index (χ1) is 34.7. The third kappa shape index (κ3) is 7.98. The van der Waals surface area contributed by atoms with Crippen LogP contribution in [0.4, 0.5) is 45.5 Å². The predicted molar refractivity (Wildman–Crippen MR) is 305 cm³/mol. The molecule has 71 heavy (non-hydrogen) atoms. The molecule has 0 saturated carbocycles. The number of nitrogens with zero attached hydrogens (tertiary/aromatic N) is 3. The summed E-state index contributed by atoms with van der Waals surface area (Å²) in [6, 6.07) is 84.2. The average molecular weight is 916 g/mol. The molecule has 10 aromatic rings. The van der Waals surface area contributed by atoms with E-state index in [1.165, 1.54) is 107 Å². The molecular formula is C67H58BN3. The SMILES string of the molecule is CCCCc1ccc(N(c2ccccc2)c2ccc3c(c2)B2c4c(cc(-c5ccccc5)cc4N3c3ccc(-c4ccccc4)cc3C)-c3cc4ccccc4cc3N2c2ccc(C(C)(C)C)cc2)cc1. The maximum atomic E-state index is 2.66. The lowest BCUT2D eigenvalue weighted by Gasteiger charge is -2.46. The van der Waals surface area contributed by atoms with E-state index in [-0.39, 0.29) is 12.3 Å². The quantitative estimate of drug-likeness (QED) is 0.127. The summed E-state index contributed by atoms with van der Waals surface area (Å²) in [5.41, 5.74) is 23.0. The van der Waals surface area contributed by atoms with Crippen LogP contribution in [0.25, 0.3) is 44.2 Å². The first-order valence-electron chi connectivity index (χ1n) is 25.4. The molecule has 0 N–H and O–H groups in total. The molecule has 0 spiro atoms. The summed E-state index contributed by atoms with van der Waals surface area (Å²) < 4.78 is 0. The molecule has 0 radical (unpaired) electrons. The number of rotatable bonds is 10. The zero-order chi connectivity index (χ0) is 48.2. The molecule has 344 valence electrons. The zero-order valence-corrected chi connectivity index (χ0v) is 41.4. The summed E-state index contributed by atoms with van der Waals surface area (Å²) in [4.78, 5) is 7.67. The van der Waals surface area contributed by atoms with E-state index in [1.54, 1.807) is 0 Å². The Morgan fingerprint density at radius 1 is 0.465 bits per heavy atom. The van der Waals surface area contributed by atoms with Gasteiger partial charge in [0.2, 0.25) is 0 Å². The van der Waals surface area contributed by atoms with Crippen LogP contribution in [0, 0.1) is 6.92 Å². The Balaban J connectivity index is 1.17. The Morgan fingerprint density at radius 3 is 1.73 bits per heavy atom. The van der Waals surface area contributed by atoms with Gasteiger partial charge in [0.1, 0.15) is 0 Å². The summed E-state index contributed by atoms with van der Waals surface area (Å²) in [6.45, 7) is 11.3. The van der Waals surface area contributed by atoms with E-state index in [0.29, 0.717) is 0 Å². The van der Waals surface area contributed by atoms with Crippen molar-refractivity contribution in [1.29, 1.82) is 0 Å². The van der Waals surface area contributed by atoms with E-state index in [0.717, 1.165) is 29.2 Å². The Morgan fingerprint density at radius 2 is 1.07 bits per heavy atom. The van der Waals surface area contributed by atoms with Gasteiger partial charge in [0, 0.05) is 51.1 Å². The number of hydrogen-bond donors (Lipinski definition) is 0. The summed E-state index contributed by atoms with van der Waals surface area (Å²) in [7, 11) is 0. The second-order valence-corrected chi connectivity index (χ2v) is 20.5. The molecular weight excluding hydrogens is 858 g/mol. The average Bonchev–Trinajstić information content (AvgIpc) is 3.41. The normalized spacial score (nSPS) is 12.7. The molecule has 10 aromatic carbocycles. The van der Waals surface area contributed by atoms with Crippen LogP contribution in [0.15, 0.2) is 224 Å². The zero-order valence-electron chi connectivity index (χ0n) is 41.4. The van der Waals surface area contributed by atoms with Gasteiger partial charge in [0.05, 0.1) is 0 Å². The van der Waals surface area contributed by atoms with Crippen molar-refractivity contribution in [2.24, 2.45) is 0 Å². The lowest BCUT2D eigenvalue weighted by atomic mass is 9.43. The third-order valence-corrected chi connectivity index (χ3v) is 14.8. The molecule has 12 rings (SSSR count). The van der Waals surface area contributed by atoms with E-state index in [4.69, 9.17) is 0 Å². The number of fused-ring (bicyclic) bond motifs is 5. The molecule has 3 nitrogen and oxygen atoms in total. The second kappa shape index (κ2) is 18.0. The van der Waals surface area contributed by atoms with Crippen LogP contribution >= 0.6 is 0 Å². The smallest absolute Gasteiger partial charge is 0.333 e. The van der Waals surface area contributed by atoms with Gasteiger partial charge in [-0.3, -0.25) is 0 Å². The lowest BCUT2D eigenvalue weighted by molar-refractivity contribution is 0.590. The van der Waals surface area contributed by atoms with Gasteiger partial charge in [-0.25, -0.2) is 0 Å². The fourth-order valence-corrected chi connectivity index (χ4v) is 11.2. The van der Waals surface area contributed by atoms with Crippen molar-refractivity contribution in [3.05, 3.63) is 241 Å². The van der Waals surface area contributed by atoms with E-state index >= 15 is 0 Å². The van der Waals surface area contributed by atoms with Crippen molar-refractivity contribution in [2.45, 2.75) is 59.3 Å². The second-order valence-electron chi connectivity index (χ2n) is 20.5. The molecule has 2 aliphatic heterocycles. The van der Waals surface area contributed by atoms with Gasteiger partial charge in [-0.15, -0.1) is 0 Å². The molecule has 2 aliphatic rings. The molecule has 0 aliphatic carbocycles. The Bertz CT molecular complexity index is 3560. The molecule has 0 bridgehead atoms. The number of aryl methyl sites for hydroxylation is 2. The molecule has 0 unspecified atom stereocenters. The van der Waals surface area contributed by atoms with Crippen molar-refractivity contribution in [3.8, 4) is 33.4 Å². The van der Waals surface area contributed by atoms with Gasteiger partial charge >= 0.3 is 6.85 Å². The molecule has 0 fully saturated rings. The largest absolute Gasteiger partial charge is 0.376 e. The minimum atomic E-state index is -0.178. The van der Waals surface area contributed by atoms with Gasteiger partial charge in [0.15, 0.2) is 0 Å². The van der Waals surface area contributed by atoms with Crippen molar-refractivity contribution < 1.29 is 0 Å². The fourth-order valence-electron chi connectivity index (χ4n) is 11.2. The highest BCUT2D eigenvalue weighted by Crippen LogP contribution is 2.50. The molecule has 0 atom stereocenters. The van der Waals surface area contributed by atoms with Crippen LogP contribution < -0.4 is 25.5 Å². The van der Waals surface area contributed by atoms with Crippen molar-refractivity contribution in [2.75, 3.05) is 14.6 Å². The van der Waals surface area contributed by atoms with E-state index < -0.39 is 0 Å². The maximum Gasteiger partial charge on any atom is 0.333 e. The van der Waals surface area contributed by atoms with Gasteiger partial charge < -0.3 is 14.6 Å². The van der Waals surface area contributed by atoms with Crippen molar-refractivity contribution in [1.82, 2.24) is 0 Å². The highest BCUT2D eigenvalue weighted by Gasteiger charge is 2.46. The Labute approximate surface area is 420 Å². The van der Waals surface area contributed by atoms with Crippen LogP contribution in [0.1, 0.15) is 57.2 Å². The molecule has 0 aromatic heterocycles. The van der Waals surface area contributed by atoms with Crippen molar-refractivity contribution >= 4 is 74.0 Å². The van der Waals surface area contributed by atoms with E-state index in [1.807, 2.05) is 0 Å². The number of benzene rings is 10. The van der Waals surface area contributed by atoms with Crippen LogP contribution in [0.3, 0.4) is 0 Å². The van der Waals surface area contributed by atoms with E-state index in [9.17, 15) is 0 Å². The van der Waals surface area contributed by atoms with Crippen LogP contribution in [0.2, 0.25) is 0 Å².